The van der Waals surface area contributed by atoms with Crippen molar-refractivity contribution in [1.82, 2.24) is 5.32 Å². The van der Waals surface area contributed by atoms with E-state index in [2.05, 4.69) is 21.2 Å². The van der Waals surface area contributed by atoms with Gasteiger partial charge in [0.25, 0.3) is 0 Å². The molecule has 0 fully saturated rings. The van der Waals surface area contributed by atoms with Crippen LogP contribution < -0.4 is 14.8 Å². The molecule has 1 N–H and O–H groups in total. The summed E-state index contributed by atoms with van der Waals surface area (Å²) in [5, 5.41) is 3.63. The molecular weight excluding hydrogens is 394 g/mol. The van der Waals surface area contributed by atoms with Crippen LogP contribution in [-0.4, -0.2) is 26.7 Å². The lowest BCUT2D eigenvalue weighted by Gasteiger charge is -2.12. The standard InChI is InChI=1S/C18H19BrClNO3/c1-23-16-9-13(15(19)11-17(16)24-2)10-18(22)21-8-7-12-3-5-14(20)6-4-12/h3-6,9,11H,7-8,10H2,1-2H3,(H,21,22). The third-order valence-corrected chi connectivity index (χ3v) is 4.54. The summed E-state index contributed by atoms with van der Waals surface area (Å²) < 4.78 is 11.3. The minimum atomic E-state index is -0.0446. The number of carbonyl (C=O) groups is 1. The molecule has 0 aliphatic heterocycles. The van der Waals surface area contributed by atoms with Crippen LogP contribution in [0.1, 0.15) is 11.1 Å². The van der Waals surface area contributed by atoms with Crippen molar-refractivity contribution >= 4 is 33.4 Å². The van der Waals surface area contributed by atoms with Crippen LogP contribution in [0.3, 0.4) is 0 Å². The Morgan fingerprint density at radius 2 is 1.75 bits per heavy atom. The van der Waals surface area contributed by atoms with E-state index in [4.69, 9.17) is 21.1 Å². The molecule has 0 spiro atoms. The summed E-state index contributed by atoms with van der Waals surface area (Å²) in [5.41, 5.74) is 1.98. The van der Waals surface area contributed by atoms with Crippen molar-refractivity contribution < 1.29 is 14.3 Å². The fourth-order valence-electron chi connectivity index (χ4n) is 2.26. The van der Waals surface area contributed by atoms with Crippen molar-refractivity contribution in [1.29, 1.82) is 0 Å². The molecule has 0 saturated carbocycles. The minimum absolute atomic E-state index is 0.0446. The summed E-state index contributed by atoms with van der Waals surface area (Å²) in [6.07, 6.45) is 1.03. The van der Waals surface area contributed by atoms with Gasteiger partial charge in [-0.05, 0) is 41.8 Å². The molecule has 2 aromatic rings. The zero-order chi connectivity index (χ0) is 17.5. The summed E-state index contributed by atoms with van der Waals surface area (Å²) in [4.78, 5) is 12.1. The van der Waals surface area contributed by atoms with Crippen molar-refractivity contribution in [2.24, 2.45) is 0 Å². The van der Waals surface area contributed by atoms with Crippen LogP contribution in [0.15, 0.2) is 40.9 Å². The highest BCUT2D eigenvalue weighted by molar-refractivity contribution is 9.10. The number of hydrogen-bond acceptors (Lipinski definition) is 3. The predicted octanol–water partition coefficient (Wildman–Crippen LogP) is 4.02. The predicted molar refractivity (Wildman–Crippen MR) is 99.1 cm³/mol. The highest BCUT2D eigenvalue weighted by Crippen LogP contribution is 2.33. The minimum Gasteiger partial charge on any atom is -0.493 e. The van der Waals surface area contributed by atoms with Gasteiger partial charge in [0.05, 0.1) is 20.6 Å². The van der Waals surface area contributed by atoms with Gasteiger partial charge in [0.1, 0.15) is 0 Å². The SMILES string of the molecule is COc1cc(Br)c(CC(=O)NCCc2ccc(Cl)cc2)cc1OC. The maximum absolute atomic E-state index is 12.1. The summed E-state index contributed by atoms with van der Waals surface area (Å²) >= 11 is 9.32. The lowest BCUT2D eigenvalue weighted by atomic mass is 10.1. The normalized spacial score (nSPS) is 10.3. The molecule has 2 rings (SSSR count). The number of rotatable bonds is 7. The second-order valence-corrected chi connectivity index (χ2v) is 6.49. The Morgan fingerprint density at radius 1 is 1.12 bits per heavy atom. The van der Waals surface area contributed by atoms with Gasteiger partial charge in [-0.15, -0.1) is 0 Å². The maximum atomic E-state index is 12.1. The van der Waals surface area contributed by atoms with Crippen LogP contribution in [0.2, 0.25) is 5.02 Å². The van der Waals surface area contributed by atoms with Crippen LogP contribution in [0.5, 0.6) is 11.5 Å². The zero-order valence-electron chi connectivity index (χ0n) is 13.6. The second-order valence-electron chi connectivity index (χ2n) is 5.20. The van der Waals surface area contributed by atoms with Crippen LogP contribution in [0.4, 0.5) is 0 Å². The van der Waals surface area contributed by atoms with E-state index in [1.807, 2.05) is 30.3 Å². The monoisotopic (exact) mass is 411 g/mol. The van der Waals surface area contributed by atoms with E-state index >= 15 is 0 Å². The van der Waals surface area contributed by atoms with Crippen molar-refractivity contribution in [2.75, 3.05) is 20.8 Å². The second kappa shape index (κ2) is 8.94. The van der Waals surface area contributed by atoms with Crippen LogP contribution in [0.25, 0.3) is 0 Å². The first-order valence-electron chi connectivity index (χ1n) is 7.45. The van der Waals surface area contributed by atoms with E-state index in [9.17, 15) is 4.79 Å². The van der Waals surface area contributed by atoms with Crippen molar-refractivity contribution in [3.63, 3.8) is 0 Å². The molecule has 1 amide bonds. The average Bonchev–Trinajstić information content (AvgIpc) is 2.58. The van der Waals surface area contributed by atoms with Gasteiger partial charge >= 0.3 is 0 Å². The third kappa shape index (κ3) is 5.14. The molecule has 24 heavy (non-hydrogen) atoms. The highest BCUT2D eigenvalue weighted by atomic mass is 79.9. The number of hydrogen-bond donors (Lipinski definition) is 1. The molecular formula is C18H19BrClNO3. The first kappa shape index (κ1) is 18.6. The number of nitrogens with one attached hydrogen (secondary N) is 1. The van der Waals surface area contributed by atoms with E-state index in [1.54, 1.807) is 20.3 Å². The highest BCUT2D eigenvalue weighted by Gasteiger charge is 2.12. The van der Waals surface area contributed by atoms with E-state index in [-0.39, 0.29) is 12.3 Å². The van der Waals surface area contributed by atoms with Gasteiger partial charge in [0, 0.05) is 16.0 Å². The smallest absolute Gasteiger partial charge is 0.224 e. The number of methoxy groups -OCH3 is 2. The van der Waals surface area contributed by atoms with Gasteiger partial charge in [0.2, 0.25) is 5.91 Å². The van der Waals surface area contributed by atoms with Gasteiger partial charge in [-0.2, -0.15) is 0 Å². The fraction of sp³-hybridized carbons (Fsp3) is 0.278. The van der Waals surface area contributed by atoms with Gasteiger partial charge in [-0.3, -0.25) is 4.79 Å². The topological polar surface area (TPSA) is 47.6 Å². The molecule has 0 bridgehead atoms. The van der Waals surface area contributed by atoms with Gasteiger partial charge in [-0.1, -0.05) is 39.7 Å². The van der Waals surface area contributed by atoms with E-state index in [1.165, 1.54) is 0 Å². The lowest BCUT2D eigenvalue weighted by molar-refractivity contribution is -0.120. The Hall–Kier alpha value is -1.72. The van der Waals surface area contributed by atoms with E-state index in [0.717, 1.165) is 22.0 Å². The Balaban J connectivity index is 1.91. The molecule has 0 saturated heterocycles. The first-order valence-corrected chi connectivity index (χ1v) is 8.62. The molecule has 0 radical (unpaired) electrons. The summed E-state index contributed by atoms with van der Waals surface area (Å²) in [7, 11) is 3.15. The van der Waals surface area contributed by atoms with Gasteiger partial charge in [-0.25, -0.2) is 0 Å². The largest absolute Gasteiger partial charge is 0.493 e. The maximum Gasteiger partial charge on any atom is 0.224 e. The number of benzene rings is 2. The van der Waals surface area contributed by atoms with E-state index < -0.39 is 0 Å². The fourth-order valence-corrected chi connectivity index (χ4v) is 2.85. The lowest BCUT2D eigenvalue weighted by Crippen LogP contribution is -2.27. The quantitative estimate of drug-likeness (QED) is 0.747. The van der Waals surface area contributed by atoms with Crippen molar-refractivity contribution in [2.45, 2.75) is 12.8 Å². The molecule has 0 heterocycles. The number of carbonyl (C=O) groups excluding carboxylic acids is 1. The summed E-state index contributed by atoms with van der Waals surface area (Å²) in [5.74, 6) is 1.18. The zero-order valence-corrected chi connectivity index (χ0v) is 15.9. The molecule has 0 aromatic heterocycles. The van der Waals surface area contributed by atoms with Crippen molar-refractivity contribution in [3.8, 4) is 11.5 Å². The molecule has 0 aliphatic carbocycles. The number of ether oxygens (including phenoxy) is 2. The van der Waals surface area contributed by atoms with Gasteiger partial charge in [0.15, 0.2) is 11.5 Å². The van der Waals surface area contributed by atoms with Crippen LogP contribution in [0, 0.1) is 0 Å². The van der Waals surface area contributed by atoms with E-state index in [0.29, 0.717) is 23.1 Å². The number of amides is 1. The first-order chi connectivity index (χ1) is 11.5. The Morgan fingerprint density at radius 3 is 2.38 bits per heavy atom. The molecule has 128 valence electrons. The van der Waals surface area contributed by atoms with Crippen LogP contribution in [-0.2, 0) is 17.6 Å². The Bertz CT molecular complexity index is 704. The molecule has 0 atom stereocenters. The average molecular weight is 413 g/mol. The number of halogens is 2. The summed E-state index contributed by atoms with van der Waals surface area (Å²) in [6, 6.07) is 11.2. The van der Waals surface area contributed by atoms with Crippen LogP contribution >= 0.6 is 27.5 Å². The molecule has 0 unspecified atom stereocenters. The molecule has 4 nitrogen and oxygen atoms in total. The van der Waals surface area contributed by atoms with Gasteiger partial charge < -0.3 is 14.8 Å². The summed E-state index contributed by atoms with van der Waals surface area (Å²) in [6.45, 7) is 0.575. The Kier molecular flexibility index (Phi) is 6.94. The molecule has 0 aliphatic rings. The van der Waals surface area contributed by atoms with Crippen molar-refractivity contribution in [3.05, 3.63) is 57.0 Å². The molecule has 6 heteroatoms. The Labute approximate surface area is 155 Å². The molecule has 2 aromatic carbocycles. The third-order valence-electron chi connectivity index (χ3n) is 3.55.